The standard InChI is InChI=1S/2C9H19NO3.C4H6O4.2K/c2*1-5-13-8(6-9(11)12)7-10(2,3)4;5-3(6)1-2-4(7)8;;/h2*8H,5-7H2,1-4H3;1-2H2,(H,5,6)(H,7,8);;/q;;;2*+1/p-2. The summed E-state index contributed by atoms with van der Waals surface area (Å²) >= 11 is 0. The molecule has 2 unspecified atom stereocenters. The van der Waals surface area contributed by atoms with Crippen LogP contribution in [0.5, 0.6) is 0 Å². The molecular formula is C22H42K2N2O10. The topological polar surface area (TPSA) is 179 Å². The van der Waals surface area contributed by atoms with E-state index in [0.29, 0.717) is 35.3 Å². The van der Waals surface area contributed by atoms with Crippen LogP contribution in [0.3, 0.4) is 0 Å². The van der Waals surface area contributed by atoms with E-state index in [4.69, 9.17) is 9.47 Å². The summed E-state index contributed by atoms with van der Waals surface area (Å²) < 4.78 is 12.0. The maximum absolute atomic E-state index is 10.4. The molecule has 0 aromatic heterocycles. The number of aliphatic carboxylic acids is 4. The Kier molecular flexibility index (Phi) is 34.1. The quantitative estimate of drug-likeness (QED) is 0.135. The first-order chi connectivity index (χ1) is 15.3. The zero-order chi connectivity index (χ0) is 27.5. The van der Waals surface area contributed by atoms with Crippen molar-refractivity contribution >= 4 is 23.9 Å². The maximum atomic E-state index is 10.4. The van der Waals surface area contributed by atoms with Gasteiger partial charge in [-0.2, -0.15) is 0 Å². The van der Waals surface area contributed by atoms with Crippen LogP contribution in [-0.4, -0.2) is 114 Å². The number of hydrogen-bond acceptors (Lipinski definition) is 10. The number of carboxylic acid groups (broad SMARTS) is 4. The van der Waals surface area contributed by atoms with Crippen LogP contribution in [0.25, 0.3) is 0 Å². The van der Waals surface area contributed by atoms with E-state index in [1.54, 1.807) is 0 Å². The van der Waals surface area contributed by atoms with E-state index in [0.717, 1.165) is 0 Å². The summed E-state index contributed by atoms with van der Waals surface area (Å²) in [5.41, 5.74) is 0. The zero-order valence-corrected chi connectivity index (χ0v) is 30.0. The van der Waals surface area contributed by atoms with E-state index < -0.39 is 36.7 Å². The molecule has 202 valence electrons. The van der Waals surface area contributed by atoms with Crippen molar-refractivity contribution in [1.82, 2.24) is 0 Å². The monoisotopic (exact) mass is 572 g/mol. The Balaban J connectivity index is -0.000000134. The Hall–Kier alpha value is 0.993. The Morgan fingerprint density at radius 1 is 0.583 bits per heavy atom. The van der Waals surface area contributed by atoms with Crippen molar-refractivity contribution in [2.45, 2.75) is 51.7 Å². The number of hydrogen-bond donors (Lipinski definition) is 0. The van der Waals surface area contributed by atoms with Gasteiger partial charge in [0, 0.05) is 49.9 Å². The molecule has 0 heterocycles. The van der Waals surface area contributed by atoms with E-state index in [9.17, 15) is 39.6 Å². The number of rotatable bonds is 15. The molecule has 36 heavy (non-hydrogen) atoms. The molecule has 0 spiro atoms. The molecule has 12 nitrogen and oxygen atoms in total. The van der Waals surface area contributed by atoms with Crippen LogP contribution in [-0.2, 0) is 28.7 Å². The van der Waals surface area contributed by atoms with Crippen molar-refractivity contribution in [3.63, 3.8) is 0 Å². The van der Waals surface area contributed by atoms with Crippen LogP contribution >= 0.6 is 0 Å². The van der Waals surface area contributed by atoms with Gasteiger partial charge in [-0.15, -0.1) is 0 Å². The molecule has 0 aliphatic rings. The van der Waals surface area contributed by atoms with Crippen molar-refractivity contribution in [2.75, 3.05) is 68.6 Å². The van der Waals surface area contributed by atoms with E-state index >= 15 is 0 Å². The molecule has 0 saturated carbocycles. The first-order valence-electron chi connectivity index (χ1n) is 11.0. The minimum absolute atomic E-state index is 0. The summed E-state index contributed by atoms with van der Waals surface area (Å²) in [6.07, 6.45) is -1.47. The fourth-order valence-corrected chi connectivity index (χ4v) is 2.62. The number of carboxylic acids is 4. The molecule has 0 radical (unpaired) electrons. The number of quaternary nitrogens is 2. The Bertz CT molecular complexity index is 557. The molecule has 0 N–H and O–H groups in total. The third-order valence-corrected chi connectivity index (χ3v) is 3.63. The second kappa shape index (κ2) is 26.2. The predicted molar refractivity (Wildman–Crippen MR) is 115 cm³/mol. The van der Waals surface area contributed by atoms with Gasteiger partial charge in [-0.3, -0.25) is 0 Å². The average molecular weight is 573 g/mol. The fourth-order valence-electron chi connectivity index (χ4n) is 2.62. The Morgan fingerprint density at radius 2 is 0.833 bits per heavy atom. The SMILES string of the molecule is CCOC(CC(=O)[O-])C[N+](C)(C)C.CCOC(CC(=O)[O-])C[N+](C)(C)C.O=C([O-])CCC(=O)[O-].[K+].[K+]. The average Bonchev–Trinajstić information content (AvgIpc) is 2.57. The van der Waals surface area contributed by atoms with Gasteiger partial charge in [0.1, 0.15) is 25.3 Å². The zero-order valence-electron chi connectivity index (χ0n) is 23.8. The summed E-state index contributed by atoms with van der Waals surface area (Å²) in [5.74, 6) is -4.83. The van der Waals surface area contributed by atoms with Crippen LogP contribution in [0.15, 0.2) is 0 Å². The van der Waals surface area contributed by atoms with Crippen molar-refractivity contribution < 1.29 is 161 Å². The molecule has 0 amide bonds. The number of nitrogens with zero attached hydrogens (tertiary/aromatic N) is 2. The van der Waals surface area contributed by atoms with Gasteiger partial charge >= 0.3 is 103 Å². The third kappa shape index (κ3) is 44.9. The molecule has 0 rings (SSSR count). The van der Waals surface area contributed by atoms with Gasteiger partial charge < -0.3 is 58.0 Å². The third-order valence-electron chi connectivity index (χ3n) is 3.63. The van der Waals surface area contributed by atoms with Crippen molar-refractivity contribution in [3.05, 3.63) is 0 Å². The van der Waals surface area contributed by atoms with Crippen LogP contribution in [0.4, 0.5) is 0 Å². The van der Waals surface area contributed by atoms with Crippen LogP contribution in [0.1, 0.15) is 39.5 Å². The van der Waals surface area contributed by atoms with Gasteiger partial charge in [-0.25, -0.2) is 0 Å². The summed E-state index contributed by atoms with van der Waals surface area (Å²) in [4.78, 5) is 39.7. The smallest absolute Gasteiger partial charge is 0.550 e. The second-order valence-corrected chi connectivity index (χ2v) is 9.50. The Morgan fingerprint density at radius 3 is 0.972 bits per heavy atom. The van der Waals surface area contributed by atoms with E-state index in [1.807, 2.05) is 56.1 Å². The summed E-state index contributed by atoms with van der Waals surface area (Å²) in [7, 11) is 12.0. The van der Waals surface area contributed by atoms with Gasteiger partial charge in [-0.05, 0) is 26.7 Å². The molecule has 0 aromatic rings. The van der Waals surface area contributed by atoms with E-state index in [-0.39, 0.29) is 128 Å². The summed E-state index contributed by atoms with van der Waals surface area (Å²) in [6, 6.07) is 0. The second-order valence-electron chi connectivity index (χ2n) is 9.50. The van der Waals surface area contributed by atoms with Gasteiger partial charge in [-0.1, -0.05) is 0 Å². The van der Waals surface area contributed by atoms with Crippen molar-refractivity contribution in [3.8, 4) is 0 Å². The molecule has 0 aliphatic heterocycles. The van der Waals surface area contributed by atoms with Crippen LogP contribution in [0, 0.1) is 0 Å². The van der Waals surface area contributed by atoms with Gasteiger partial charge in [0.05, 0.1) is 42.3 Å². The summed E-state index contributed by atoms with van der Waals surface area (Å²) in [5, 5.41) is 39.7. The maximum Gasteiger partial charge on any atom is 1.00 e. The largest absolute Gasteiger partial charge is 1.00 e. The first kappa shape index (κ1) is 46.8. The molecule has 2 atom stereocenters. The minimum Gasteiger partial charge on any atom is -0.550 e. The van der Waals surface area contributed by atoms with Gasteiger partial charge in [0.2, 0.25) is 0 Å². The van der Waals surface area contributed by atoms with Crippen LogP contribution in [0.2, 0.25) is 0 Å². The molecule has 0 aromatic carbocycles. The first-order valence-corrected chi connectivity index (χ1v) is 11.0. The molecule has 0 fully saturated rings. The van der Waals surface area contributed by atoms with Gasteiger partial charge in [0.15, 0.2) is 0 Å². The van der Waals surface area contributed by atoms with E-state index in [1.165, 1.54) is 0 Å². The Labute approximate surface area is 300 Å². The summed E-state index contributed by atoms with van der Waals surface area (Å²) in [6.45, 7) is 6.16. The number of ether oxygens (including phenoxy) is 2. The van der Waals surface area contributed by atoms with E-state index in [2.05, 4.69) is 0 Å². The molecular weight excluding hydrogens is 530 g/mol. The molecule has 0 bridgehead atoms. The predicted octanol–water partition coefficient (Wildman–Crippen LogP) is -10.3. The van der Waals surface area contributed by atoms with Crippen molar-refractivity contribution in [1.29, 1.82) is 0 Å². The normalized spacial score (nSPS) is 12.1. The number of carbonyl (C=O) groups excluding carboxylic acids is 4. The number of carbonyl (C=O) groups is 4. The van der Waals surface area contributed by atoms with Crippen molar-refractivity contribution in [2.24, 2.45) is 0 Å². The molecule has 0 aliphatic carbocycles. The molecule has 14 heteroatoms. The van der Waals surface area contributed by atoms with Gasteiger partial charge in [0.25, 0.3) is 0 Å². The molecule has 0 saturated heterocycles. The fraction of sp³-hybridized carbons (Fsp3) is 0.818. The number of likely N-dealkylation sites (N-methyl/N-ethyl adjacent to an activating group) is 2. The minimum atomic E-state index is -1.37. The van der Waals surface area contributed by atoms with Crippen LogP contribution < -0.4 is 123 Å².